The first-order valence-electron chi connectivity index (χ1n) is 6.49. The van der Waals surface area contributed by atoms with E-state index in [0.717, 1.165) is 35.4 Å². The van der Waals surface area contributed by atoms with Crippen molar-refractivity contribution in [3.8, 4) is 5.75 Å². The molecule has 0 saturated heterocycles. The Labute approximate surface area is 130 Å². The number of aryl methyl sites for hydroxylation is 1. The summed E-state index contributed by atoms with van der Waals surface area (Å²) in [6.07, 6.45) is 1.77. The monoisotopic (exact) mass is 353 g/mol. The van der Waals surface area contributed by atoms with E-state index in [-0.39, 0.29) is 6.04 Å². The van der Waals surface area contributed by atoms with Crippen LogP contribution < -0.4 is 16.0 Å². The zero-order chi connectivity index (χ0) is 14.1. The third kappa shape index (κ3) is 2.61. The van der Waals surface area contributed by atoms with Crippen LogP contribution in [0.3, 0.4) is 0 Å². The van der Waals surface area contributed by atoms with Crippen LogP contribution in [0.1, 0.15) is 27.7 Å². The number of fused-ring (bicyclic) bond motifs is 1. The summed E-state index contributed by atoms with van der Waals surface area (Å²) in [4.78, 5) is 5.48. The molecule has 3 N–H and O–H groups in total. The average Bonchev–Trinajstić information content (AvgIpc) is 3.04. The Morgan fingerprint density at radius 2 is 2.40 bits per heavy atom. The van der Waals surface area contributed by atoms with Gasteiger partial charge in [0.05, 0.1) is 23.9 Å². The second-order valence-corrected chi connectivity index (χ2v) is 6.68. The predicted molar refractivity (Wildman–Crippen MR) is 84.0 cm³/mol. The van der Waals surface area contributed by atoms with E-state index in [1.807, 2.05) is 12.4 Å². The Morgan fingerprint density at radius 1 is 1.55 bits per heavy atom. The molecule has 2 heterocycles. The van der Waals surface area contributed by atoms with Gasteiger partial charge in [0.1, 0.15) is 5.75 Å². The molecule has 1 aromatic heterocycles. The minimum absolute atomic E-state index is 0.0603. The van der Waals surface area contributed by atoms with Gasteiger partial charge in [-0.15, -0.1) is 11.3 Å². The van der Waals surface area contributed by atoms with Crippen LogP contribution in [0.2, 0.25) is 0 Å². The molecule has 6 heteroatoms. The Bertz CT molecular complexity index is 629. The standard InChI is InChI=1S/C14H16BrN3OS/c1-8-14(20-7-17-8)12(18-16)6-10-5-11(15)4-9-2-3-19-13(9)10/h4-5,7,12,18H,2-3,6,16H2,1H3. The van der Waals surface area contributed by atoms with Crippen molar-refractivity contribution in [2.75, 3.05) is 6.61 Å². The molecule has 0 saturated carbocycles. The van der Waals surface area contributed by atoms with Crippen LogP contribution in [0.25, 0.3) is 0 Å². The van der Waals surface area contributed by atoms with E-state index in [0.29, 0.717) is 0 Å². The highest BCUT2D eigenvalue weighted by atomic mass is 79.9. The quantitative estimate of drug-likeness (QED) is 0.655. The molecule has 3 rings (SSSR count). The van der Waals surface area contributed by atoms with Gasteiger partial charge >= 0.3 is 0 Å². The molecule has 4 nitrogen and oxygen atoms in total. The van der Waals surface area contributed by atoms with E-state index in [9.17, 15) is 0 Å². The van der Waals surface area contributed by atoms with Crippen molar-refractivity contribution in [2.45, 2.75) is 25.8 Å². The van der Waals surface area contributed by atoms with Crippen molar-refractivity contribution in [3.63, 3.8) is 0 Å². The molecule has 0 radical (unpaired) electrons. The third-order valence-electron chi connectivity index (χ3n) is 3.55. The lowest BCUT2D eigenvalue weighted by atomic mass is 10.0. The number of halogens is 1. The fraction of sp³-hybridized carbons (Fsp3) is 0.357. The van der Waals surface area contributed by atoms with Gasteiger partial charge in [-0.2, -0.15) is 0 Å². The molecular formula is C14H16BrN3OS. The maximum atomic E-state index is 5.78. The minimum Gasteiger partial charge on any atom is -0.493 e. The van der Waals surface area contributed by atoms with Gasteiger partial charge in [0.15, 0.2) is 0 Å². The largest absolute Gasteiger partial charge is 0.493 e. The Kier molecular flexibility index (Phi) is 4.07. The predicted octanol–water partition coefficient (Wildman–Crippen LogP) is 2.90. The smallest absolute Gasteiger partial charge is 0.125 e. The van der Waals surface area contributed by atoms with E-state index in [1.165, 1.54) is 16.0 Å². The maximum Gasteiger partial charge on any atom is 0.125 e. The lowest BCUT2D eigenvalue weighted by molar-refractivity contribution is 0.351. The molecule has 1 atom stereocenters. The number of hydrogen-bond donors (Lipinski definition) is 2. The summed E-state index contributed by atoms with van der Waals surface area (Å²) in [5.74, 6) is 6.76. The van der Waals surface area contributed by atoms with Gasteiger partial charge in [0.2, 0.25) is 0 Å². The Balaban J connectivity index is 1.92. The number of aromatic nitrogens is 1. The van der Waals surface area contributed by atoms with Gasteiger partial charge in [-0.3, -0.25) is 11.3 Å². The molecule has 1 unspecified atom stereocenters. The molecule has 0 bridgehead atoms. The summed E-state index contributed by atoms with van der Waals surface area (Å²) in [6, 6.07) is 4.31. The third-order valence-corrected chi connectivity index (χ3v) is 5.05. The molecule has 1 aliphatic rings. The van der Waals surface area contributed by atoms with Crippen molar-refractivity contribution in [1.29, 1.82) is 0 Å². The highest BCUT2D eigenvalue weighted by molar-refractivity contribution is 9.10. The number of nitrogens with one attached hydrogen (secondary N) is 1. The summed E-state index contributed by atoms with van der Waals surface area (Å²) in [7, 11) is 0. The van der Waals surface area contributed by atoms with Crippen LogP contribution in [0.4, 0.5) is 0 Å². The molecule has 20 heavy (non-hydrogen) atoms. The number of thiazole rings is 1. The number of nitrogens with two attached hydrogens (primary N) is 1. The zero-order valence-corrected chi connectivity index (χ0v) is 13.6. The van der Waals surface area contributed by atoms with Crippen molar-refractivity contribution < 1.29 is 4.74 Å². The summed E-state index contributed by atoms with van der Waals surface area (Å²) < 4.78 is 6.87. The SMILES string of the molecule is Cc1ncsc1C(Cc1cc(Br)cc2c1OCC2)NN. The lowest BCUT2D eigenvalue weighted by Crippen LogP contribution is -2.29. The molecule has 2 aromatic rings. The van der Waals surface area contributed by atoms with E-state index in [1.54, 1.807) is 11.3 Å². The first kappa shape index (κ1) is 14.0. The molecule has 106 valence electrons. The molecule has 1 aliphatic heterocycles. The molecule has 0 spiro atoms. The summed E-state index contributed by atoms with van der Waals surface area (Å²) in [5.41, 5.74) is 8.25. The van der Waals surface area contributed by atoms with Gasteiger partial charge in [-0.25, -0.2) is 4.98 Å². The summed E-state index contributed by atoms with van der Waals surface area (Å²) >= 11 is 5.21. The van der Waals surface area contributed by atoms with Crippen LogP contribution in [0.15, 0.2) is 22.1 Å². The summed E-state index contributed by atoms with van der Waals surface area (Å²) in [6.45, 7) is 2.77. The highest BCUT2D eigenvalue weighted by Crippen LogP contribution is 2.36. The van der Waals surface area contributed by atoms with E-state index in [2.05, 4.69) is 38.5 Å². The highest BCUT2D eigenvalue weighted by Gasteiger charge is 2.22. The number of benzene rings is 1. The normalized spacial score (nSPS) is 14.9. The van der Waals surface area contributed by atoms with Gasteiger partial charge in [-0.05, 0) is 36.6 Å². The zero-order valence-electron chi connectivity index (χ0n) is 11.1. The van der Waals surface area contributed by atoms with Crippen LogP contribution in [-0.4, -0.2) is 11.6 Å². The van der Waals surface area contributed by atoms with Crippen LogP contribution >= 0.6 is 27.3 Å². The van der Waals surface area contributed by atoms with Crippen molar-refractivity contribution >= 4 is 27.3 Å². The minimum atomic E-state index is 0.0603. The van der Waals surface area contributed by atoms with E-state index >= 15 is 0 Å². The number of rotatable bonds is 4. The topological polar surface area (TPSA) is 60.2 Å². The number of ether oxygens (including phenoxy) is 1. The molecule has 0 fully saturated rings. The molecular weight excluding hydrogens is 338 g/mol. The first-order valence-corrected chi connectivity index (χ1v) is 8.16. The number of nitrogens with zero attached hydrogens (tertiary/aromatic N) is 1. The summed E-state index contributed by atoms with van der Waals surface area (Å²) in [5, 5.41) is 0. The fourth-order valence-electron chi connectivity index (χ4n) is 2.59. The fourth-order valence-corrected chi connectivity index (χ4v) is 4.01. The second kappa shape index (κ2) is 5.81. The van der Waals surface area contributed by atoms with E-state index < -0.39 is 0 Å². The van der Waals surface area contributed by atoms with Gasteiger partial charge < -0.3 is 4.74 Å². The van der Waals surface area contributed by atoms with Crippen molar-refractivity contribution in [3.05, 3.63) is 43.8 Å². The number of hydrogen-bond acceptors (Lipinski definition) is 5. The molecule has 0 amide bonds. The van der Waals surface area contributed by atoms with E-state index in [4.69, 9.17) is 10.6 Å². The van der Waals surface area contributed by atoms with Gasteiger partial charge in [-0.1, -0.05) is 15.9 Å². The van der Waals surface area contributed by atoms with Crippen molar-refractivity contribution in [1.82, 2.24) is 10.4 Å². The number of hydrazine groups is 1. The molecule has 1 aromatic carbocycles. The van der Waals surface area contributed by atoms with Crippen molar-refractivity contribution in [2.24, 2.45) is 5.84 Å². The Morgan fingerprint density at radius 3 is 3.10 bits per heavy atom. The average molecular weight is 354 g/mol. The maximum absolute atomic E-state index is 5.78. The van der Waals surface area contributed by atoms with Crippen LogP contribution in [-0.2, 0) is 12.8 Å². The van der Waals surface area contributed by atoms with Gasteiger partial charge in [0, 0.05) is 15.8 Å². The molecule has 0 aliphatic carbocycles. The lowest BCUT2D eigenvalue weighted by Gasteiger charge is -2.17. The Hall–Kier alpha value is -0.950. The first-order chi connectivity index (χ1) is 9.69. The van der Waals surface area contributed by atoms with Crippen LogP contribution in [0, 0.1) is 6.92 Å². The second-order valence-electron chi connectivity index (χ2n) is 4.88. The van der Waals surface area contributed by atoms with Gasteiger partial charge in [0.25, 0.3) is 0 Å². The van der Waals surface area contributed by atoms with Crippen LogP contribution in [0.5, 0.6) is 5.75 Å².